The second-order valence-electron chi connectivity index (χ2n) is 4.43. The number of anilines is 1. The molecule has 2 rings (SSSR count). The highest BCUT2D eigenvalue weighted by atomic mass is 32.2. The van der Waals surface area contributed by atoms with Crippen molar-refractivity contribution in [2.24, 2.45) is 5.14 Å². The van der Waals surface area contributed by atoms with Crippen molar-refractivity contribution in [2.75, 3.05) is 12.3 Å². The maximum absolute atomic E-state index is 11.4. The van der Waals surface area contributed by atoms with Crippen LogP contribution in [0.3, 0.4) is 0 Å². The van der Waals surface area contributed by atoms with Gasteiger partial charge in [0.15, 0.2) is 5.75 Å². The molecule has 0 amide bonds. The molecule has 0 heterocycles. The Balaban J connectivity index is 2.28. The fourth-order valence-electron chi connectivity index (χ4n) is 1.84. The minimum absolute atomic E-state index is 0.0283. The van der Waals surface area contributed by atoms with Gasteiger partial charge >= 0.3 is 0 Å². The maximum atomic E-state index is 11.4. The first-order valence-electron chi connectivity index (χ1n) is 6.21. The molecular weight excluding hydrogens is 292 g/mol. The molecule has 0 aliphatic heterocycles. The number of aliphatic hydroxyl groups excluding tert-OH is 1. The summed E-state index contributed by atoms with van der Waals surface area (Å²) in [5, 5.41) is 13.9. The van der Waals surface area contributed by atoms with E-state index in [2.05, 4.69) is 0 Å². The summed E-state index contributed by atoms with van der Waals surface area (Å²) in [6.45, 7) is 0.0730. The number of nitrogens with two attached hydrogens (primary N) is 2. The molecule has 21 heavy (non-hydrogen) atoms. The van der Waals surface area contributed by atoms with Crippen LogP contribution in [0, 0.1) is 0 Å². The van der Waals surface area contributed by atoms with Crippen LogP contribution in [0.5, 0.6) is 11.5 Å². The first-order chi connectivity index (χ1) is 9.91. The zero-order valence-electron chi connectivity index (χ0n) is 11.2. The second-order valence-corrected chi connectivity index (χ2v) is 5.96. The van der Waals surface area contributed by atoms with E-state index in [1.54, 1.807) is 18.2 Å². The van der Waals surface area contributed by atoms with Gasteiger partial charge in [-0.25, -0.2) is 13.6 Å². The summed E-state index contributed by atoms with van der Waals surface area (Å²) in [6, 6.07) is 11.4. The van der Waals surface area contributed by atoms with Gasteiger partial charge < -0.3 is 15.6 Å². The monoisotopic (exact) mass is 308 g/mol. The summed E-state index contributed by atoms with van der Waals surface area (Å²) < 4.78 is 28.4. The zero-order valence-corrected chi connectivity index (χ0v) is 12.0. The van der Waals surface area contributed by atoms with Crippen molar-refractivity contribution in [3.8, 4) is 11.5 Å². The van der Waals surface area contributed by atoms with Crippen LogP contribution < -0.4 is 15.6 Å². The van der Waals surface area contributed by atoms with Gasteiger partial charge in [-0.1, -0.05) is 18.2 Å². The minimum Gasteiger partial charge on any atom is -0.455 e. The Kier molecular flexibility index (Phi) is 4.46. The van der Waals surface area contributed by atoms with E-state index in [1.807, 2.05) is 12.1 Å². The maximum Gasteiger partial charge on any atom is 0.240 e. The molecule has 0 aliphatic rings. The van der Waals surface area contributed by atoms with Gasteiger partial charge in [-0.3, -0.25) is 0 Å². The molecule has 6 nitrogen and oxygen atoms in total. The van der Waals surface area contributed by atoms with E-state index < -0.39 is 10.0 Å². The van der Waals surface area contributed by atoms with Crippen LogP contribution >= 0.6 is 0 Å². The molecule has 2 aromatic carbocycles. The zero-order chi connectivity index (χ0) is 15.5. The predicted octanol–water partition coefficient (Wildman–Crippen LogP) is 1.24. The topological polar surface area (TPSA) is 116 Å². The van der Waals surface area contributed by atoms with E-state index in [0.717, 1.165) is 5.56 Å². The quantitative estimate of drug-likeness (QED) is 0.719. The van der Waals surface area contributed by atoms with Crippen molar-refractivity contribution in [2.45, 2.75) is 11.3 Å². The summed E-state index contributed by atoms with van der Waals surface area (Å²) in [7, 11) is -3.90. The molecule has 0 saturated carbocycles. The highest BCUT2D eigenvalue weighted by Gasteiger charge is 2.15. The van der Waals surface area contributed by atoms with E-state index in [0.29, 0.717) is 12.2 Å². The third kappa shape index (κ3) is 3.72. The molecule has 0 spiro atoms. The average Bonchev–Trinajstić information content (AvgIpc) is 2.42. The number of benzene rings is 2. The molecular formula is C14H16N2O4S. The van der Waals surface area contributed by atoms with Gasteiger partial charge in [0.2, 0.25) is 10.0 Å². The van der Waals surface area contributed by atoms with Crippen LogP contribution in [0.15, 0.2) is 47.4 Å². The smallest absolute Gasteiger partial charge is 0.240 e. The summed E-state index contributed by atoms with van der Waals surface area (Å²) in [4.78, 5) is -0.170. The molecule has 7 heteroatoms. The van der Waals surface area contributed by atoms with Gasteiger partial charge in [-0.2, -0.15) is 0 Å². The van der Waals surface area contributed by atoms with E-state index >= 15 is 0 Å². The van der Waals surface area contributed by atoms with Crippen molar-refractivity contribution < 1.29 is 18.3 Å². The normalized spacial score (nSPS) is 11.3. The highest BCUT2D eigenvalue weighted by molar-refractivity contribution is 7.89. The summed E-state index contributed by atoms with van der Waals surface area (Å²) >= 11 is 0. The number of nitrogen functional groups attached to an aromatic ring is 1. The number of rotatable bonds is 5. The van der Waals surface area contributed by atoms with Crippen LogP contribution in [-0.4, -0.2) is 20.1 Å². The van der Waals surface area contributed by atoms with Crippen molar-refractivity contribution in [3.63, 3.8) is 0 Å². The van der Waals surface area contributed by atoms with Gasteiger partial charge in [0, 0.05) is 6.61 Å². The summed E-state index contributed by atoms with van der Waals surface area (Å²) in [5.74, 6) is 0.728. The molecule has 0 atom stereocenters. The molecule has 0 aromatic heterocycles. The third-order valence-electron chi connectivity index (χ3n) is 2.88. The first kappa shape index (κ1) is 15.3. The van der Waals surface area contributed by atoms with Gasteiger partial charge in [0.25, 0.3) is 0 Å². The van der Waals surface area contributed by atoms with E-state index in [4.69, 9.17) is 20.7 Å². The number of hydrogen-bond acceptors (Lipinski definition) is 5. The number of ether oxygens (including phenoxy) is 1. The van der Waals surface area contributed by atoms with Crippen LogP contribution in [0.25, 0.3) is 0 Å². The van der Waals surface area contributed by atoms with Crippen molar-refractivity contribution in [3.05, 3.63) is 48.0 Å². The van der Waals surface area contributed by atoms with Gasteiger partial charge in [-0.05, 0) is 36.2 Å². The number of aliphatic hydroxyl groups is 1. The Morgan fingerprint density at radius 2 is 1.76 bits per heavy atom. The van der Waals surface area contributed by atoms with Crippen LogP contribution in [-0.2, 0) is 16.4 Å². The van der Waals surface area contributed by atoms with Gasteiger partial charge in [0.05, 0.1) is 5.69 Å². The predicted molar refractivity (Wildman–Crippen MR) is 79.5 cm³/mol. The second kappa shape index (κ2) is 6.13. The van der Waals surface area contributed by atoms with Crippen molar-refractivity contribution in [1.82, 2.24) is 0 Å². The summed E-state index contributed by atoms with van der Waals surface area (Å²) in [6.07, 6.45) is 0.559. The lowest BCUT2D eigenvalue weighted by Gasteiger charge is -2.11. The number of primary sulfonamides is 1. The lowest BCUT2D eigenvalue weighted by atomic mass is 10.1. The molecule has 5 N–H and O–H groups in total. The molecule has 0 unspecified atom stereocenters. The number of sulfonamides is 1. The van der Waals surface area contributed by atoms with Crippen LogP contribution in [0.1, 0.15) is 5.56 Å². The highest BCUT2D eigenvalue weighted by Crippen LogP contribution is 2.31. The summed E-state index contributed by atoms with van der Waals surface area (Å²) in [5.41, 5.74) is 6.72. The van der Waals surface area contributed by atoms with Gasteiger partial charge in [-0.15, -0.1) is 0 Å². The molecule has 0 saturated heterocycles. The van der Waals surface area contributed by atoms with Crippen molar-refractivity contribution >= 4 is 15.7 Å². The molecule has 0 radical (unpaired) electrons. The molecule has 2 aromatic rings. The number of hydrogen-bond donors (Lipinski definition) is 3. The molecule has 0 aliphatic carbocycles. The largest absolute Gasteiger partial charge is 0.455 e. The van der Waals surface area contributed by atoms with Crippen molar-refractivity contribution in [1.29, 1.82) is 0 Å². The number of para-hydroxylation sites is 1. The molecule has 0 fully saturated rings. The lowest BCUT2D eigenvalue weighted by molar-refractivity contribution is 0.299. The van der Waals surface area contributed by atoms with E-state index in [1.165, 1.54) is 12.1 Å². The fourth-order valence-corrected chi connectivity index (χ4v) is 2.52. The Morgan fingerprint density at radius 1 is 1.10 bits per heavy atom. The van der Waals surface area contributed by atoms with Crippen LogP contribution in [0.4, 0.5) is 5.69 Å². The molecule has 0 bridgehead atoms. The van der Waals surface area contributed by atoms with Crippen LogP contribution in [0.2, 0.25) is 0 Å². The first-order valence-corrected chi connectivity index (χ1v) is 7.75. The van der Waals surface area contributed by atoms with E-state index in [-0.39, 0.29) is 22.9 Å². The molecule has 112 valence electrons. The standard InChI is InChI=1S/C14H16N2O4S/c15-14-12(2-1-3-13(14)21(16,18)19)20-11-6-4-10(5-7-11)8-9-17/h1-7,17H,8-9,15H2,(H2,16,18,19). The van der Waals surface area contributed by atoms with E-state index in [9.17, 15) is 8.42 Å². The Morgan fingerprint density at radius 3 is 2.33 bits per heavy atom. The fraction of sp³-hybridized carbons (Fsp3) is 0.143. The third-order valence-corrected chi connectivity index (χ3v) is 3.85. The Bertz CT molecular complexity index is 727. The Labute approximate surface area is 123 Å². The minimum atomic E-state index is -3.90. The SMILES string of the molecule is Nc1c(Oc2ccc(CCO)cc2)cccc1S(N)(=O)=O. The average molecular weight is 308 g/mol. The lowest BCUT2D eigenvalue weighted by Crippen LogP contribution is -2.14. The van der Waals surface area contributed by atoms with Gasteiger partial charge in [0.1, 0.15) is 10.6 Å². The Hall–Kier alpha value is -2.09.